The highest BCUT2D eigenvalue weighted by Crippen LogP contribution is 2.11. The van der Waals surface area contributed by atoms with Crippen LogP contribution in [0.15, 0.2) is 36.9 Å². The van der Waals surface area contributed by atoms with Crippen LogP contribution in [0.3, 0.4) is 0 Å². The lowest BCUT2D eigenvalue weighted by atomic mass is 10.2. The van der Waals surface area contributed by atoms with Crippen molar-refractivity contribution in [1.82, 2.24) is 0 Å². The van der Waals surface area contributed by atoms with Crippen LogP contribution in [-0.2, 0) is 4.79 Å². The minimum absolute atomic E-state index is 0.0309. The summed E-state index contributed by atoms with van der Waals surface area (Å²) >= 11 is 1.67. The van der Waals surface area contributed by atoms with Gasteiger partial charge in [0.05, 0.1) is 11.6 Å². The standard InChI is InChI=1S/C13H14N2OS/c1-2-7-17-8-6-13(16)15-12-5-3-4-11(9-12)10-14/h2-5,9H,1,6-8H2,(H,15,16). The third-order valence-corrected chi connectivity index (χ3v) is 2.95. The number of hydrogen-bond donors (Lipinski definition) is 1. The molecule has 17 heavy (non-hydrogen) atoms. The zero-order valence-electron chi connectivity index (χ0n) is 9.48. The van der Waals surface area contributed by atoms with Crippen molar-refractivity contribution in [2.75, 3.05) is 16.8 Å². The van der Waals surface area contributed by atoms with Gasteiger partial charge in [0.2, 0.25) is 5.91 Å². The van der Waals surface area contributed by atoms with Gasteiger partial charge in [-0.1, -0.05) is 12.1 Å². The molecule has 88 valence electrons. The average Bonchev–Trinajstić information content (AvgIpc) is 2.35. The Hall–Kier alpha value is -1.73. The molecule has 0 heterocycles. The molecule has 0 aliphatic heterocycles. The molecule has 1 aromatic rings. The van der Waals surface area contributed by atoms with E-state index in [0.29, 0.717) is 17.7 Å². The van der Waals surface area contributed by atoms with E-state index in [9.17, 15) is 4.79 Å². The van der Waals surface area contributed by atoms with Crippen molar-refractivity contribution in [3.63, 3.8) is 0 Å². The van der Waals surface area contributed by atoms with Crippen LogP contribution in [-0.4, -0.2) is 17.4 Å². The Balaban J connectivity index is 2.40. The maximum Gasteiger partial charge on any atom is 0.225 e. The second-order valence-electron chi connectivity index (χ2n) is 3.35. The van der Waals surface area contributed by atoms with E-state index in [1.165, 1.54) is 0 Å². The van der Waals surface area contributed by atoms with E-state index in [-0.39, 0.29) is 5.91 Å². The lowest BCUT2D eigenvalue weighted by Gasteiger charge is -2.04. The number of hydrogen-bond acceptors (Lipinski definition) is 3. The predicted molar refractivity (Wildman–Crippen MR) is 71.9 cm³/mol. The second kappa shape index (κ2) is 7.53. The number of carbonyl (C=O) groups is 1. The molecule has 1 rings (SSSR count). The van der Waals surface area contributed by atoms with Crippen LogP contribution in [0.25, 0.3) is 0 Å². The summed E-state index contributed by atoms with van der Waals surface area (Å²) < 4.78 is 0. The molecule has 0 radical (unpaired) electrons. The molecule has 0 unspecified atom stereocenters. The molecule has 0 bridgehead atoms. The largest absolute Gasteiger partial charge is 0.326 e. The second-order valence-corrected chi connectivity index (χ2v) is 4.50. The average molecular weight is 246 g/mol. The molecule has 0 aliphatic rings. The highest BCUT2D eigenvalue weighted by atomic mass is 32.2. The number of nitrogens with one attached hydrogen (secondary N) is 1. The summed E-state index contributed by atoms with van der Waals surface area (Å²) in [5.41, 5.74) is 1.21. The van der Waals surface area contributed by atoms with Crippen LogP contribution in [0.5, 0.6) is 0 Å². The van der Waals surface area contributed by atoms with Crippen LogP contribution >= 0.6 is 11.8 Å². The van der Waals surface area contributed by atoms with Gasteiger partial charge in [-0.3, -0.25) is 4.79 Å². The Morgan fingerprint density at radius 1 is 1.59 bits per heavy atom. The topological polar surface area (TPSA) is 52.9 Å². The Morgan fingerprint density at radius 3 is 3.12 bits per heavy atom. The third kappa shape index (κ3) is 5.23. The SMILES string of the molecule is C=CCSCCC(=O)Nc1cccc(C#N)c1. The van der Waals surface area contributed by atoms with Gasteiger partial charge in [-0.2, -0.15) is 17.0 Å². The monoisotopic (exact) mass is 246 g/mol. The zero-order chi connectivity index (χ0) is 12.5. The number of rotatable bonds is 6. The van der Waals surface area contributed by atoms with Crippen molar-refractivity contribution in [3.8, 4) is 6.07 Å². The minimum Gasteiger partial charge on any atom is -0.326 e. The van der Waals surface area contributed by atoms with Gasteiger partial charge in [-0.25, -0.2) is 0 Å². The van der Waals surface area contributed by atoms with Gasteiger partial charge < -0.3 is 5.32 Å². The molecule has 4 heteroatoms. The Labute approximate surface area is 106 Å². The molecule has 0 aromatic heterocycles. The van der Waals surface area contributed by atoms with E-state index in [0.717, 1.165) is 11.5 Å². The molecule has 0 atom stereocenters. The van der Waals surface area contributed by atoms with E-state index in [1.54, 1.807) is 36.0 Å². The van der Waals surface area contributed by atoms with E-state index < -0.39 is 0 Å². The zero-order valence-corrected chi connectivity index (χ0v) is 10.3. The summed E-state index contributed by atoms with van der Waals surface area (Å²) in [6.45, 7) is 3.61. The first-order chi connectivity index (χ1) is 8.26. The highest BCUT2D eigenvalue weighted by Gasteiger charge is 2.02. The lowest BCUT2D eigenvalue weighted by Crippen LogP contribution is -2.12. The first-order valence-electron chi connectivity index (χ1n) is 5.25. The van der Waals surface area contributed by atoms with Crippen molar-refractivity contribution in [2.45, 2.75) is 6.42 Å². The maximum absolute atomic E-state index is 11.5. The highest BCUT2D eigenvalue weighted by molar-refractivity contribution is 7.99. The number of benzene rings is 1. The van der Waals surface area contributed by atoms with Crippen molar-refractivity contribution in [2.24, 2.45) is 0 Å². The first kappa shape index (κ1) is 13.3. The molecule has 3 nitrogen and oxygen atoms in total. The van der Waals surface area contributed by atoms with Crippen LogP contribution in [0.1, 0.15) is 12.0 Å². The van der Waals surface area contributed by atoms with Crippen LogP contribution in [0.4, 0.5) is 5.69 Å². The molecule has 0 aliphatic carbocycles. The van der Waals surface area contributed by atoms with Gasteiger partial charge in [-0.05, 0) is 18.2 Å². The first-order valence-corrected chi connectivity index (χ1v) is 6.40. The van der Waals surface area contributed by atoms with Gasteiger partial charge in [0.1, 0.15) is 0 Å². The quantitative estimate of drug-likeness (QED) is 0.620. The number of anilines is 1. The molecule has 0 fully saturated rings. The molecule has 0 spiro atoms. The number of carbonyl (C=O) groups excluding carboxylic acids is 1. The van der Waals surface area contributed by atoms with E-state index in [1.807, 2.05) is 12.1 Å². The molecule has 1 aromatic carbocycles. The molecule has 1 N–H and O–H groups in total. The van der Waals surface area contributed by atoms with E-state index in [4.69, 9.17) is 5.26 Å². The van der Waals surface area contributed by atoms with Gasteiger partial charge >= 0.3 is 0 Å². The fourth-order valence-corrected chi connectivity index (χ4v) is 1.88. The fraction of sp³-hybridized carbons (Fsp3) is 0.231. The van der Waals surface area contributed by atoms with E-state index >= 15 is 0 Å². The predicted octanol–water partition coefficient (Wildman–Crippen LogP) is 2.81. The van der Waals surface area contributed by atoms with Crippen LogP contribution in [0, 0.1) is 11.3 Å². The summed E-state index contributed by atoms with van der Waals surface area (Å²) in [4.78, 5) is 11.5. The van der Waals surface area contributed by atoms with Gasteiger partial charge in [0.25, 0.3) is 0 Å². The number of nitriles is 1. The number of amides is 1. The van der Waals surface area contributed by atoms with Crippen molar-refractivity contribution < 1.29 is 4.79 Å². The Kier molecular flexibility index (Phi) is 5.91. The molecule has 0 saturated heterocycles. The summed E-state index contributed by atoms with van der Waals surface area (Å²) in [6, 6.07) is 8.92. The van der Waals surface area contributed by atoms with Crippen molar-refractivity contribution in [1.29, 1.82) is 5.26 Å². The molecule has 0 saturated carbocycles. The maximum atomic E-state index is 11.5. The summed E-state index contributed by atoms with van der Waals surface area (Å²) in [5, 5.41) is 11.5. The number of nitrogens with zero attached hydrogens (tertiary/aromatic N) is 1. The van der Waals surface area contributed by atoms with Crippen molar-refractivity contribution in [3.05, 3.63) is 42.5 Å². The van der Waals surface area contributed by atoms with Crippen LogP contribution in [0.2, 0.25) is 0 Å². The smallest absolute Gasteiger partial charge is 0.225 e. The Morgan fingerprint density at radius 2 is 2.41 bits per heavy atom. The van der Waals surface area contributed by atoms with Gasteiger partial charge in [0, 0.05) is 23.6 Å². The Bertz CT molecular complexity index is 437. The summed E-state index contributed by atoms with van der Waals surface area (Å²) in [7, 11) is 0. The summed E-state index contributed by atoms with van der Waals surface area (Å²) in [6.07, 6.45) is 2.29. The fourth-order valence-electron chi connectivity index (χ4n) is 1.22. The van der Waals surface area contributed by atoms with Crippen LogP contribution < -0.4 is 5.32 Å². The van der Waals surface area contributed by atoms with Crippen molar-refractivity contribution >= 4 is 23.4 Å². The molecular formula is C13H14N2OS. The minimum atomic E-state index is -0.0309. The van der Waals surface area contributed by atoms with E-state index in [2.05, 4.69) is 11.9 Å². The normalized spacial score (nSPS) is 9.35. The molecule has 1 amide bonds. The van der Waals surface area contributed by atoms with Gasteiger partial charge in [0.15, 0.2) is 0 Å². The third-order valence-electron chi connectivity index (χ3n) is 1.98. The molecular weight excluding hydrogens is 232 g/mol. The van der Waals surface area contributed by atoms with Gasteiger partial charge in [-0.15, -0.1) is 6.58 Å². The summed E-state index contributed by atoms with van der Waals surface area (Å²) in [5.74, 6) is 1.60. The lowest BCUT2D eigenvalue weighted by molar-refractivity contribution is -0.115. The number of thioether (sulfide) groups is 1.